The van der Waals surface area contributed by atoms with Gasteiger partial charge in [-0.1, -0.05) is 152 Å². The first-order valence-corrected chi connectivity index (χ1v) is 22.2. The summed E-state index contributed by atoms with van der Waals surface area (Å²) < 4.78 is 8.93. The molecule has 8 aromatic carbocycles. The third-order valence-electron chi connectivity index (χ3n) is 14.3. The third kappa shape index (κ3) is 5.08. The Balaban J connectivity index is 0.882. The largest absolute Gasteiger partial charge is 0.455 e. The number of anilines is 2. The summed E-state index contributed by atoms with van der Waals surface area (Å²) in [7, 11) is 0. The fourth-order valence-corrected chi connectivity index (χ4v) is 11.5. The average molecular weight is 805 g/mol. The molecule has 0 fully saturated rings. The van der Waals surface area contributed by atoms with Crippen molar-refractivity contribution < 1.29 is 4.42 Å². The number of hydrogen-bond donors (Lipinski definition) is 0. The fourth-order valence-electron chi connectivity index (χ4n) is 11.5. The van der Waals surface area contributed by atoms with Gasteiger partial charge in [0.2, 0.25) is 0 Å². The molecule has 11 aromatic rings. The van der Waals surface area contributed by atoms with Gasteiger partial charge in [0, 0.05) is 66.8 Å². The lowest BCUT2D eigenvalue weighted by atomic mass is 9.66. The molecule has 3 nitrogen and oxygen atoms in total. The van der Waals surface area contributed by atoms with Crippen molar-refractivity contribution in [1.29, 1.82) is 0 Å². The van der Waals surface area contributed by atoms with E-state index in [1.807, 2.05) is 6.07 Å². The Morgan fingerprint density at radius 2 is 1.11 bits per heavy atom. The second-order valence-corrected chi connectivity index (χ2v) is 17.5. The number of para-hydroxylation sites is 4. The molecule has 0 spiro atoms. The molecule has 0 radical (unpaired) electrons. The second kappa shape index (κ2) is 13.3. The minimum Gasteiger partial charge on any atom is -0.455 e. The van der Waals surface area contributed by atoms with E-state index >= 15 is 0 Å². The van der Waals surface area contributed by atoms with Crippen molar-refractivity contribution in [2.75, 3.05) is 4.90 Å². The van der Waals surface area contributed by atoms with Crippen LogP contribution in [0.5, 0.6) is 0 Å². The van der Waals surface area contributed by atoms with Gasteiger partial charge < -0.3 is 13.7 Å². The lowest BCUT2D eigenvalue weighted by Crippen LogP contribution is -2.26. The van der Waals surface area contributed by atoms with Gasteiger partial charge in [-0.25, -0.2) is 0 Å². The zero-order valence-corrected chi connectivity index (χ0v) is 34.5. The normalized spacial score (nSPS) is 17.0. The molecule has 3 aromatic heterocycles. The van der Waals surface area contributed by atoms with Crippen LogP contribution < -0.4 is 4.90 Å². The zero-order valence-electron chi connectivity index (χ0n) is 34.5. The van der Waals surface area contributed by atoms with Gasteiger partial charge in [-0.3, -0.25) is 0 Å². The molecule has 2 atom stereocenters. The summed E-state index contributed by atoms with van der Waals surface area (Å²) in [4.78, 5) is 2.48. The first-order chi connectivity index (χ1) is 31.2. The molecule has 0 amide bonds. The van der Waals surface area contributed by atoms with Crippen LogP contribution in [0.15, 0.2) is 228 Å². The Bertz CT molecular complexity index is 3800. The molecule has 0 bridgehead atoms. The van der Waals surface area contributed by atoms with E-state index in [1.54, 1.807) is 0 Å². The molecule has 0 saturated heterocycles. The SMILES string of the molecule is C1=CCC2C(=C1)C1=CC=C(N(c3ccc(-c4ccc5c(c4)c4cccc6c7ccccc7n5c64)cc3)c3ccc(-c4cccc5c4oc4ccccc45)cc3)CC1c1ccccc12. The minimum atomic E-state index is 0.287. The van der Waals surface area contributed by atoms with Crippen LogP contribution in [0.25, 0.3) is 82.3 Å². The number of furan rings is 1. The third-order valence-corrected chi connectivity index (χ3v) is 14.3. The zero-order chi connectivity index (χ0) is 41.2. The maximum atomic E-state index is 6.48. The van der Waals surface area contributed by atoms with E-state index in [4.69, 9.17) is 4.42 Å². The van der Waals surface area contributed by atoms with Crippen LogP contribution in [0.4, 0.5) is 11.4 Å². The summed E-state index contributed by atoms with van der Waals surface area (Å²) in [5.74, 6) is 0.711. The summed E-state index contributed by atoms with van der Waals surface area (Å²) in [6.45, 7) is 0. The molecule has 296 valence electrons. The van der Waals surface area contributed by atoms with E-state index < -0.39 is 0 Å². The average Bonchev–Trinajstić information content (AvgIpc) is 4.02. The summed E-state index contributed by atoms with van der Waals surface area (Å²) >= 11 is 0. The molecule has 0 N–H and O–H groups in total. The Morgan fingerprint density at radius 3 is 1.95 bits per heavy atom. The number of aromatic nitrogens is 1. The number of fused-ring (bicyclic) bond motifs is 15. The van der Waals surface area contributed by atoms with E-state index in [0.717, 1.165) is 57.3 Å². The van der Waals surface area contributed by atoms with Gasteiger partial charge in [0.25, 0.3) is 0 Å². The lowest BCUT2D eigenvalue weighted by molar-refractivity contribution is 0.661. The number of nitrogens with zero attached hydrogens (tertiary/aromatic N) is 2. The van der Waals surface area contributed by atoms with Crippen molar-refractivity contribution >= 4 is 71.4 Å². The van der Waals surface area contributed by atoms with E-state index in [-0.39, 0.29) is 5.92 Å². The van der Waals surface area contributed by atoms with Crippen molar-refractivity contribution in [3.8, 4) is 22.3 Å². The highest BCUT2D eigenvalue weighted by Gasteiger charge is 2.37. The highest BCUT2D eigenvalue weighted by molar-refractivity contribution is 6.23. The molecule has 63 heavy (non-hydrogen) atoms. The van der Waals surface area contributed by atoms with Gasteiger partial charge in [0.1, 0.15) is 11.2 Å². The summed E-state index contributed by atoms with van der Waals surface area (Å²) in [5.41, 5.74) is 19.8. The first-order valence-electron chi connectivity index (χ1n) is 22.2. The smallest absolute Gasteiger partial charge is 0.143 e. The predicted octanol–water partition coefficient (Wildman–Crippen LogP) is 16.2. The molecule has 3 aliphatic rings. The van der Waals surface area contributed by atoms with E-state index in [1.165, 1.54) is 77.2 Å². The van der Waals surface area contributed by atoms with Crippen molar-refractivity contribution in [1.82, 2.24) is 4.40 Å². The van der Waals surface area contributed by atoms with Gasteiger partial charge in [-0.05, 0) is 106 Å². The summed E-state index contributed by atoms with van der Waals surface area (Å²) in [6, 6.07) is 64.8. The predicted molar refractivity (Wildman–Crippen MR) is 262 cm³/mol. The van der Waals surface area contributed by atoms with Gasteiger partial charge >= 0.3 is 0 Å². The fraction of sp³-hybridized carbons (Fsp3) is 0.0667. The molecule has 14 rings (SSSR count). The number of rotatable bonds is 5. The number of hydrogen-bond acceptors (Lipinski definition) is 2. The van der Waals surface area contributed by atoms with Crippen molar-refractivity contribution in [2.24, 2.45) is 0 Å². The van der Waals surface area contributed by atoms with Crippen LogP contribution in [0.1, 0.15) is 35.8 Å². The maximum Gasteiger partial charge on any atom is 0.143 e. The molecule has 3 aliphatic carbocycles. The quantitative estimate of drug-likeness (QED) is 0.173. The van der Waals surface area contributed by atoms with Gasteiger partial charge in [0.05, 0.1) is 16.6 Å². The minimum absolute atomic E-state index is 0.287. The summed E-state index contributed by atoms with van der Waals surface area (Å²) in [5, 5.41) is 7.50. The summed E-state index contributed by atoms with van der Waals surface area (Å²) in [6.07, 6.45) is 13.7. The lowest BCUT2D eigenvalue weighted by Gasteiger charge is -2.41. The molecule has 3 heteroatoms. The monoisotopic (exact) mass is 804 g/mol. The maximum absolute atomic E-state index is 6.48. The second-order valence-electron chi connectivity index (χ2n) is 17.5. The van der Waals surface area contributed by atoms with Crippen LogP contribution in [0.2, 0.25) is 0 Å². The molecular formula is C60H40N2O. The highest BCUT2D eigenvalue weighted by Crippen LogP contribution is 2.53. The Morgan fingerprint density at radius 1 is 0.476 bits per heavy atom. The van der Waals surface area contributed by atoms with Crippen LogP contribution in [0, 0.1) is 0 Å². The van der Waals surface area contributed by atoms with E-state index in [0.29, 0.717) is 5.92 Å². The van der Waals surface area contributed by atoms with E-state index in [2.05, 4.69) is 210 Å². The van der Waals surface area contributed by atoms with Crippen LogP contribution in [-0.2, 0) is 0 Å². The topological polar surface area (TPSA) is 20.8 Å². The Kier molecular flexibility index (Phi) is 7.35. The van der Waals surface area contributed by atoms with Crippen LogP contribution >= 0.6 is 0 Å². The van der Waals surface area contributed by atoms with Crippen molar-refractivity contribution in [3.05, 3.63) is 234 Å². The van der Waals surface area contributed by atoms with Crippen LogP contribution in [-0.4, -0.2) is 4.40 Å². The molecule has 0 saturated carbocycles. The number of benzene rings is 8. The Hall–Kier alpha value is -7.88. The Labute approximate surface area is 364 Å². The standard InChI is InChI=1S/C60H40N2O/c1-2-13-46-44(11-1)45-12-3-4-14-47(45)54-36-42(32-33-48(46)54)61(41-30-25-38(26-31-41)43-17-9-20-53-50-16-6-8-22-58(50)63-60(43)53)40-28-23-37(24-29-40)39-27-34-57-55(35-39)52-19-10-18-51-49-15-5-7-21-56(49)62(57)59(51)52/h1-10,12-35,44,54H,11,36H2. The first kappa shape index (κ1) is 34.8. The highest BCUT2D eigenvalue weighted by atomic mass is 16.3. The van der Waals surface area contributed by atoms with Crippen LogP contribution in [0.3, 0.4) is 0 Å². The van der Waals surface area contributed by atoms with E-state index in [9.17, 15) is 0 Å². The van der Waals surface area contributed by atoms with Crippen molar-refractivity contribution in [3.63, 3.8) is 0 Å². The van der Waals surface area contributed by atoms with Gasteiger partial charge in [-0.15, -0.1) is 0 Å². The van der Waals surface area contributed by atoms with Gasteiger partial charge in [0.15, 0.2) is 0 Å². The molecule has 2 unspecified atom stereocenters. The van der Waals surface area contributed by atoms with Crippen molar-refractivity contribution in [2.45, 2.75) is 24.7 Å². The molecule has 3 heterocycles. The number of allylic oxidation sites excluding steroid dienone is 8. The molecular weight excluding hydrogens is 765 g/mol. The molecule has 0 aliphatic heterocycles. The van der Waals surface area contributed by atoms with Gasteiger partial charge in [-0.2, -0.15) is 0 Å².